The highest BCUT2D eigenvalue weighted by molar-refractivity contribution is 6.25. The summed E-state index contributed by atoms with van der Waals surface area (Å²) in [5.74, 6) is -0.0851. The van der Waals surface area contributed by atoms with Gasteiger partial charge in [0.1, 0.15) is 0 Å². The SMILES string of the molecule is CCC1CCC(C/C=C/Cl)(C(=O)O)C1. The van der Waals surface area contributed by atoms with Gasteiger partial charge in [0, 0.05) is 5.54 Å². The molecule has 1 aliphatic carbocycles. The van der Waals surface area contributed by atoms with E-state index >= 15 is 0 Å². The van der Waals surface area contributed by atoms with Crippen LogP contribution >= 0.6 is 11.6 Å². The van der Waals surface area contributed by atoms with E-state index in [-0.39, 0.29) is 0 Å². The first-order valence-electron chi connectivity index (χ1n) is 5.13. The molecule has 2 atom stereocenters. The Morgan fingerprint density at radius 2 is 2.43 bits per heavy atom. The minimum Gasteiger partial charge on any atom is -0.481 e. The van der Waals surface area contributed by atoms with E-state index in [1.807, 2.05) is 0 Å². The third-order valence-corrected chi connectivity index (χ3v) is 3.52. The van der Waals surface area contributed by atoms with Crippen molar-refractivity contribution in [2.45, 2.75) is 39.0 Å². The predicted molar refractivity (Wildman–Crippen MR) is 57.3 cm³/mol. The second-order valence-electron chi connectivity index (χ2n) is 4.17. The fourth-order valence-electron chi connectivity index (χ4n) is 2.32. The molecular formula is C11H17ClO2. The first-order valence-corrected chi connectivity index (χ1v) is 5.57. The number of carboxylic acids is 1. The summed E-state index contributed by atoms with van der Waals surface area (Å²) in [6, 6.07) is 0. The zero-order chi connectivity index (χ0) is 10.6. The largest absolute Gasteiger partial charge is 0.481 e. The van der Waals surface area contributed by atoms with Crippen molar-refractivity contribution in [3.05, 3.63) is 11.6 Å². The summed E-state index contributed by atoms with van der Waals surface area (Å²) in [5.41, 5.74) is 0.885. The Morgan fingerprint density at radius 3 is 2.86 bits per heavy atom. The van der Waals surface area contributed by atoms with Crippen LogP contribution in [0.5, 0.6) is 0 Å². The van der Waals surface area contributed by atoms with Gasteiger partial charge in [0.25, 0.3) is 0 Å². The number of carboxylic acid groups (broad SMARTS) is 1. The van der Waals surface area contributed by atoms with E-state index in [1.54, 1.807) is 6.08 Å². The molecular weight excluding hydrogens is 200 g/mol. The number of allylic oxidation sites excluding steroid dienone is 1. The minimum absolute atomic E-state index is 0.536. The molecule has 1 fully saturated rings. The highest BCUT2D eigenvalue weighted by atomic mass is 35.5. The minimum atomic E-state index is -0.664. The van der Waals surface area contributed by atoms with Gasteiger partial charge in [-0.2, -0.15) is 0 Å². The van der Waals surface area contributed by atoms with E-state index in [0.717, 1.165) is 25.7 Å². The molecule has 0 amide bonds. The van der Waals surface area contributed by atoms with Crippen LogP contribution in [-0.2, 0) is 4.79 Å². The third kappa shape index (κ3) is 2.30. The van der Waals surface area contributed by atoms with Gasteiger partial charge < -0.3 is 5.11 Å². The van der Waals surface area contributed by atoms with Crippen molar-refractivity contribution in [2.75, 3.05) is 0 Å². The first-order chi connectivity index (χ1) is 6.64. The zero-order valence-corrected chi connectivity index (χ0v) is 9.26. The van der Waals surface area contributed by atoms with Crippen molar-refractivity contribution < 1.29 is 9.90 Å². The molecule has 0 spiro atoms. The van der Waals surface area contributed by atoms with E-state index in [1.165, 1.54) is 5.54 Å². The van der Waals surface area contributed by atoms with E-state index in [4.69, 9.17) is 11.6 Å². The van der Waals surface area contributed by atoms with E-state index in [9.17, 15) is 9.90 Å². The maximum absolute atomic E-state index is 11.2. The molecule has 2 nitrogen and oxygen atoms in total. The molecule has 0 aromatic carbocycles. The fourth-order valence-corrected chi connectivity index (χ4v) is 2.41. The molecule has 0 heterocycles. The van der Waals surface area contributed by atoms with Crippen LogP contribution in [0.1, 0.15) is 39.0 Å². The number of carbonyl (C=O) groups is 1. The van der Waals surface area contributed by atoms with Gasteiger partial charge in [0.15, 0.2) is 0 Å². The summed E-state index contributed by atoms with van der Waals surface area (Å²) in [7, 11) is 0. The molecule has 1 aliphatic rings. The Bertz CT molecular complexity index is 237. The van der Waals surface area contributed by atoms with Crippen LogP contribution in [0, 0.1) is 11.3 Å². The molecule has 0 aliphatic heterocycles. The van der Waals surface area contributed by atoms with Crippen molar-refractivity contribution in [3.8, 4) is 0 Å². The van der Waals surface area contributed by atoms with Gasteiger partial charge in [0.05, 0.1) is 5.41 Å². The fraction of sp³-hybridized carbons (Fsp3) is 0.727. The van der Waals surface area contributed by atoms with Gasteiger partial charge in [-0.05, 0) is 31.6 Å². The summed E-state index contributed by atoms with van der Waals surface area (Å²) >= 11 is 5.44. The molecule has 0 radical (unpaired) electrons. The van der Waals surface area contributed by atoms with Crippen molar-refractivity contribution in [2.24, 2.45) is 11.3 Å². The quantitative estimate of drug-likeness (QED) is 0.782. The molecule has 0 bridgehead atoms. The highest BCUT2D eigenvalue weighted by Gasteiger charge is 2.43. The lowest BCUT2D eigenvalue weighted by Gasteiger charge is -2.22. The van der Waals surface area contributed by atoms with Gasteiger partial charge >= 0.3 is 5.97 Å². The summed E-state index contributed by atoms with van der Waals surface area (Å²) in [4.78, 5) is 11.2. The molecule has 14 heavy (non-hydrogen) atoms. The molecule has 1 saturated carbocycles. The summed E-state index contributed by atoms with van der Waals surface area (Å²) in [6.45, 7) is 2.12. The third-order valence-electron chi connectivity index (χ3n) is 3.34. The van der Waals surface area contributed by atoms with Gasteiger partial charge in [-0.25, -0.2) is 0 Å². The van der Waals surface area contributed by atoms with Crippen LogP contribution < -0.4 is 0 Å². The lowest BCUT2D eigenvalue weighted by atomic mass is 9.82. The van der Waals surface area contributed by atoms with Crippen LogP contribution in [0.25, 0.3) is 0 Å². The van der Waals surface area contributed by atoms with Gasteiger partial charge in [-0.15, -0.1) is 0 Å². The van der Waals surface area contributed by atoms with Crippen LogP contribution in [0.4, 0.5) is 0 Å². The Hall–Kier alpha value is -0.500. The van der Waals surface area contributed by atoms with Crippen LogP contribution in [0.2, 0.25) is 0 Å². The lowest BCUT2D eigenvalue weighted by Crippen LogP contribution is -2.27. The molecule has 0 aromatic rings. The van der Waals surface area contributed by atoms with Gasteiger partial charge in [-0.1, -0.05) is 31.0 Å². The average molecular weight is 217 g/mol. The molecule has 80 valence electrons. The zero-order valence-electron chi connectivity index (χ0n) is 8.50. The molecule has 1 N–H and O–H groups in total. The average Bonchev–Trinajstić information content (AvgIpc) is 2.59. The Morgan fingerprint density at radius 1 is 1.71 bits per heavy atom. The van der Waals surface area contributed by atoms with Crippen LogP contribution in [0.15, 0.2) is 11.6 Å². The van der Waals surface area contributed by atoms with Crippen molar-refractivity contribution >= 4 is 17.6 Å². The van der Waals surface area contributed by atoms with E-state index in [2.05, 4.69) is 6.92 Å². The number of aliphatic carboxylic acids is 1. The van der Waals surface area contributed by atoms with Crippen molar-refractivity contribution in [3.63, 3.8) is 0 Å². The lowest BCUT2D eigenvalue weighted by molar-refractivity contribution is -0.148. The molecule has 1 rings (SSSR count). The van der Waals surface area contributed by atoms with Crippen LogP contribution in [-0.4, -0.2) is 11.1 Å². The van der Waals surface area contributed by atoms with E-state index < -0.39 is 11.4 Å². The number of hydrogen-bond donors (Lipinski definition) is 1. The number of hydrogen-bond acceptors (Lipinski definition) is 1. The van der Waals surface area contributed by atoms with Gasteiger partial charge in [0.2, 0.25) is 0 Å². The number of halogens is 1. The molecule has 0 saturated heterocycles. The van der Waals surface area contributed by atoms with Crippen molar-refractivity contribution in [1.82, 2.24) is 0 Å². The predicted octanol–water partition coefficient (Wildman–Crippen LogP) is 3.41. The smallest absolute Gasteiger partial charge is 0.309 e. The molecule has 2 unspecified atom stereocenters. The Balaban J connectivity index is 2.69. The summed E-state index contributed by atoms with van der Waals surface area (Å²) < 4.78 is 0. The first kappa shape index (κ1) is 11.6. The molecule has 0 aromatic heterocycles. The standard InChI is InChI=1S/C11H17ClO2/c1-2-9-4-6-11(8-9,10(13)14)5-3-7-12/h3,7,9H,2,4-6,8H2,1H3,(H,13,14)/b7-3+. The Kier molecular flexibility index (Phi) is 3.99. The maximum atomic E-state index is 11.2. The topological polar surface area (TPSA) is 37.3 Å². The second kappa shape index (κ2) is 4.83. The molecule has 3 heteroatoms. The second-order valence-corrected chi connectivity index (χ2v) is 4.42. The monoisotopic (exact) mass is 216 g/mol. The normalized spacial score (nSPS) is 32.6. The van der Waals surface area contributed by atoms with Gasteiger partial charge in [-0.3, -0.25) is 4.79 Å². The maximum Gasteiger partial charge on any atom is 0.309 e. The number of rotatable bonds is 4. The summed E-state index contributed by atoms with van der Waals surface area (Å²) in [6.07, 6.45) is 6.05. The summed E-state index contributed by atoms with van der Waals surface area (Å²) in [5, 5.41) is 9.23. The van der Waals surface area contributed by atoms with E-state index in [0.29, 0.717) is 12.3 Å². The highest BCUT2D eigenvalue weighted by Crippen LogP contribution is 2.46. The Labute approximate surface area is 90.0 Å². The van der Waals surface area contributed by atoms with Crippen LogP contribution in [0.3, 0.4) is 0 Å². The van der Waals surface area contributed by atoms with Crippen molar-refractivity contribution in [1.29, 1.82) is 0 Å².